The number of hydrogen-bond donors (Lipinski definition) is 2. The third-order valence-electron chi connectivity index (χ3n) is 2.95. The van der Waals surface area contributed by atoms with Crippen LogP contribution in [0.1, 0.15) is 26.2 Å². The number of aliphatic hydroxyl groups excluding tert-OH is 1. The average Bonchev–Trinajstić information content (AvgIpc) is 2.89. The maximum atomic E-state index is 9.49. The Balaban J connectivity index is 2.06. The largest absolute Gasteiger partial charge is 0.391 e. The molecule has 6 nitrogen and oxygen atoms in total. The highest BCUT2D eigenvalue weighted by Crippen LogP contribution is 2.18. The zero-order chi connectivity index (χ0) is 13.0. The first-order valence-electron chi connectivity index (χ1n) is 6.27. The summed E-state index contributed by atoms with van der Waals surface area (Å²) in [5, 5.41) is 12.6. The van der Waals surface area contributed by atoms with Gasteiger partial charge in [0.15, 0.2) is 0 Å². The Morgan fingerprint density at radius 3 is 2.72 bits per heavy atom. The van der Waals surface area contributed by atoms with Crippen LogP contribution in [0.5, 0.6) is 0 Å². The summed E-state index contributed by atoms with van der Waals surface area (Å²) in [7, 11) is 0. The van der Waals surface area contributed by atoms with Crippen molar-refractivity contribution in [1.29, 1.82) is 0 Å². The molecule has 2 heterocycles. The van der Waals surface area contributed by atoms with Gasteiger partial charge in [-0.05, 0) is 30.9 Å². The van der Waals surface area contributed by atoms with Gasteiger partial charge in [-0.15, -0.1) is 0 Å². The number of rotatable bonds is 5. The summed E-state index contributed by atoms with van der Waals surface area (Å²) in [4.78, 5) is 14.5. The Hall–Kier alpha value is -1.14. The number of halogens is 1. The highest BCUT2D eigenvalue weighted by molar-refractivity contribution is 6.28. The van der Waals surface area contributed by atoms with E-state index in [1.165, 1.54) is 0 Å². The summed E-state index contributed by atoms with van der Waals surface area (Å²) in [6.07, 6.45) is 2.59. The highest BCUT2D eigenvalue weighted by Gasteiger charge is 2.17. The first-order valence-corrected chi connectivity index (χ1v) is 6.65. The van der Waals surface area contributed by atoms with Gasteiger partial charge in [0.05, 0.1) is 6.10 Å². The van der Waals surface area contributed by atoms with Gasteiger partial charge in [-0.25, -0.2) is 0 Å². The molecule has 100 valence electrons. The minimum atomic E-state index is -0.407. The molecule has 1 atom stereocenters. The summed E-state index contributed by atoms with van der Waals surface area (Å²) in [6, 6.07) is 0. The average molecular weight is 272 g/mol. The Morgan fingerprint density at radius 1 is 1.33 bits per heavy atom. The molecule has 0 amide bonds. The van der Waals surface area contributed by atoms with Gasteiger partial charge in [0, 0.05) is 19.6 Å². The first kappa shape index (κ1) is 13.3. The van der Waals surface area contributed by atoms with Crippen LogP contribution in [-0.2, 0) is 0 Å². The maximum absolute atomic E-state index is 9.49. The van der Waals surface area contributed by atoms with Gasteiger partial charge in [0.25, 0.3) is 0 Å². The van der Waals surface area contributed by atoms with E-state index in [-0.39, 0.29) is 5.28 Å². The zero-order valence-electron chi connectivity index (χ0n) is 10.4. The minimum Gasteiger partial charge on any atom is -0.391 e. The van der Waals surface area contributed by atoms with Gasteiger partial charge in [-0.3, -0.25) is 0 Å². The van der Waals surface area contributed by atoms with E-state index in [4.69, 9.17) is 11.6 Å². The second-order valence-corrected chi connectivity index (χ2v) is 4.70. The van der Waals surface area contributed by atoms with Crippen molar-refractivity contribution in [2.24, 2.45) is 0 Å². The lowest BCUT2D eigenvalue weighted by Gasteiger charge is -2.16. The predicted molar refractivity (Wildman–Crippen MR) is 71.1 cm³/mol. The van der Waals surface area contributed by atoms with Crippen LogP contribution < -0.4 is 10.2 Å². The molecule has 0 radical (unpaired) electrons. The fourth-order valence-corrected chi connectivity index (χ4v) is 1.99. The van der Waals surface area contributed by atoms with Crippen LogP contribution in [0, 0.1) is 0 Å². The van der Waals surface area contributed by atoms with Crippen molar-refractivity contribution in [2.45, 2.75) is 32.3 Å². The van der Waals surface area contributed by atoms with E-state index < -0.39 is 6.10 Å². The van der Waals surface area contributed by atoms with E-state index in [0.717, 1.165) is 25.9 Å². The molecular formula is C11H18ClN5O. The Bertz CT molecular complexity index is 397. The molecule has 1 aliphatic rings. The molecule has 2 rings (SSSR count). The van der Waals surface area contributed by atoms with Crippen LogP contribution >= 0.6 is 11.6 Å². The molecule has 0 bridgehead atoms. The molecule has 0 aromatic carbocycles. The maximum Gasteiger partial charge on any atom is 0.231 e. The number of nitrogens with one attached hydrogen (secondary N) is 1. The fraction of sp³-hybridized carbons (Fsp3) is 0.727. The van der Waals surface area contributed by atoms with E-state index in [1.54, 1.807) is 0 Å². The van der Waals surface area contributed by atoms with Gasteiger partial charge < -0.3 is 15.3 Å². The molecule has 1 aromatic rings. The Morgan fingerprint density at radius 2 is 2.06 bits per heavy atom. The van der Waals surface area contributed by atoms with Crippen LogP contribution in [0.25, 0.3) is 0 Å². The number of aromatic nitrogens is 3. The van der Waals surface area contributed by atoms with Crippen molar-refractivity contribution in [2.75, 3.05) is 29.9 Å². The second-order valence-electron chi connectivity index (χ2n) is 4.37. The van der Waals surface area contributed by atoms with E-state index in [0.29, 0.717) is 24.9 Å². The van der Waals surface area contributed by atoms with Gasteiger partial charge in [-0.2, -0.15) is 15.0 Å². The van der Waals surface area contributed by atoms with Gasteiger partial charge in [0.1, 0.15) is 0 Å². The summed E-state index contributed by atoms with van der Waals surface area (Å²) in [6.45, 7) is 4.24. The molecule has 1 unspecified atom stereocenters. The molecule has 1 aliphatic heterocycles. The standard InChI is InChI=1S/C11H18ClN5O/c1-2-8(18)7-13-10-14-9(12)15-11(16-10)17-5-3-4-6-17/h8,18H,2-7H2,1H3,(H,13,14,15,16). The summed E-state index contributed by atoms with van der Waals surface area (Å²) < 4.78 is 0. The molecule has 18 heavy (non-hydrogen) atoms. The lowest BCUT2D eigenvalue weighted by molar-refractivity contribution is 0.183. The monoisotopic (exact) mass is 271 g/mol. The topological polar surface area (TPSA) is 74.2 Å². The van der Waals surface area contributed by atoms with Crippen LogP contribution in [0.3, 0.4) is 0 Å². The molecule has 0 saturated carbocycles. The van der Waals surface area contributed by atoms with E-state index in [9.17, 15) is 5.11 Å². The second kappa shape index (κ2) is 6.15. The lowest BCUT2D eigenvalue weighted by Crippen LogP contribution is -2.23. The van der Waals surface area contributed by atoms with Gasteiger partial charge in [-0.1, -0.05) is 6.92 Å². The van der Waals surface area contributed by atoms with Crippen LogP contribution in [0.2, 0.25) is 5.28 Å². The number of anilines is 2. The number of nitrogens with zero attached hydrogens (tertiary/aromatic N) is 4. The smallest absolute Gasteiger partial charge is 0.231 e. The zero-order valence-corrected chi connectivity index (χ0v) is 11.2. The van der Waals surface area contributed by atoms with E-state index in [2.05, 4.69) is 25.2 Å². The summed E-state index contributed by atoms with van der Waals surface area (Å²) in [5.41, 5.74) is 0. The molecule has 1 fully saturated rings. The quantitative estimate of drug-likeness (QED) is 0.841. The van der Waals surface area contributed by atoms with E-state index >= 15 is 0 Å². The third kappa shape index (κ3) is 3.43. The van der Waals surface area contributed by atoms with Crippen molar-refractivity contribution in [3.63, 3.8) is 0 Å². The normalized spacial score (nSPS) is 16.9. The van der Waals surface area contributed by atoms with Gasteiger partial charge >= 0.3 is 0 Å². The Labute approximate surface area is 111 Å². The predicted octanol–water partition coefficient (Wildman–Crippen LogP) is 1.31. The molecule has 1 saturated heterocycles. The third-order valence-corrected chi connectivity index (χ3v) is 3.12. The van der Waals surface area contributed by atoms with Crippen LogP contribution in [0.4, 0.5) is 11.9 Å². The minimum absolute atomic E-state index is 0.181. The van der Waals surface area contributed by atoms with Crippen LogP contribution in [-0.4, -0.2) is 45.8 Å². The molecule has 0 aliphatic carbocycles. The van der Waals surface area contributed by atoms with Crippen molar-refractivity contribution >= 4 is 23.5 Å². The molecular weight excluding hydrogens is 254 g/mol. The van der Waals surface area contributed by atoms with Crippen LogP contribution in [0.15, 0.2) is 0 Å². The van der Waals surface area contributed by atoms with Crippen molar-refractivity contribution in [3.05, 3.63) is 5.28 Å². The summed E-state index contributed by atoms with van der Waals surface area (Å²) in [5.74, 6) is 1.03. The van der Waals surface area contributed by atoms with Crippen molar-refractivity contribution < 1.29 is 5.11 Å². The molecule has 1 aromatic heterocycles. The highest BCUT2D eigenvalue weighted by atomic mass is 35.5. The van der Waals surface area contributed by atoms with Crippen molar-refractivity contribution in [3.8, 4) is 0 Å². The molecule has 7 heteroatoms. The number of hydrogen-bond acceptors (Lipinski definition) is 6. The SMILES string of the molecule is CCC(O)CNc1nc(Cl)nc(N2CCCC2)n1. The Kier molecular flexibility index (Phi) is 4.54. The first-order chi connectivity index (χ1) is 8.69. The van der Waals surface area contributed by atoms with E-state index in [1.807, 2.05) is 6.92 Å². The van der Waals surface area contributed by atoms with Crippen molar-refractivity contribution in [1.82, 2.24) is 15.0 Å². The lowest BCUT2D eigenvalue weighted by atomic mass is 10.3. The molecule has 2 N–H and O–H groups in total. The molecule has 0 spiro atoms. The number of aliphatic hydroxyl groups is 1. The van der Waals surface area contributed by atoms with Gasteiger partial charge in [0.2, 0.25) is 17.2 Å². The summed E-state index contributed by atoms with van der Waals surface area (Å²) >= 11 is 5.89. The fourth-order valence-electron chi connectivity index (χ4n) is 1.83.